The van der Waals surface area contributed by atoms with Crippen LogP contribution in [0.5, 0.6) is 0 Å². The summed E-state index contributed by atoms with van der Waals surface area (Å²) in [4.78, 5) is 9.06. The van der Waals surface area contributed by atoms with E-state index < -0.39 is 37.0 Å². The lowest BCUT2D eigenvalue weighted by Gasteiger charge is -2.20. The SMILES string of the molecule is Nc1cc([N+](=O)[O-])cc(F)c1S(=O)(=O)N1CCCOCC1. The number of halogens is 1. The first-order valence-electron chi connectivity index (χ1n) is 6.15. The Hall–Kier alpha value is -1.78. The number of hydrogen-bond donors (Lipinski definition) is 1. The number of nitrogen functional groups attached to an aromatic ring is 1. The van der Waals surface area contributed by atoms with E-state index in [2.05, 4.69) is 0 Å². The summed E-state index contributed by atoms with van der Waals surface area (Å²) in [5.41, 5.74) is 4.44. The minimum atomic E-state index is -4.16. The Morgan fingerprint density at radius 1 is 1.33 bits per heavy atom. The molecule has 2 rings (SSSR count). The molecular weight excluding hydrogens is 305 g/mol. The number of nitro benzene ring substituents is 1. The molecule has 0 amide bonds. The predicted octanol–water partition coefficient (Wildman–Crippen LogP) is 0.727. The first-order chi connectivity index (χ1) is 9.84. The molecule has 8 nitrogen and oxygen atoms in total. The maximum absolute atomic E-state index is 14.0. The quantitative estimate of drug-likeness (QED) is 0.499. The number of hydrogen-bond acceptors (Lipinski definition) is 6. The minimum absolute atomic E-state index is 0.0815. The molecule has 0 bridgehead atoms. The molecule has 0 aromatic heterocycles. The molecule has 2 N–H and O–H groups in total. The Morgan fingerprint density at radius 3 is 2.67 bits per heavy atom. The van der Waals surface area contributed by atoms with Crippen molar-refractivity contribution in [1.29, 1.82) is 0 Å². The van der Waals surface area contributed by atoms with Gasteiger partial charge in [-0.25, -0.2) is 12.8 Å². The fourth-order valence-corrected chi connectivity index (χ4v) is 3.67. The topological polar surface area (TPSA) is 116 Å². The van der Waals surface area contributed by atoms with Gasteiger partial charge in [0.2, 0.25) is 10.0 Å². The van der Waals surface area contributed by atoms with Crippen molar-refractivity contribution >= 4 is 21.4 Å². The van der Waals surface area contributed by atoms with Crippen LogP contribution in [0.15, 0.2) is 17.0 Å². The lowest BCUT2D eigenvalue weighted by Crippen LogP contribution is -2.34. The number of benzene rings is 1. The zero-order valence-corrected chi connectivity index (χ0v) is 11.8. The molecule has 0 atom stereocenters. The number of rotatable bonds is 3. The second-order valence-electron chi connectivity index (χ2n) is 4.47. The fourth-order valence-electron chi connectivity index (χ4n) is 2.07. The number of non-ortho nitro benzene ring substituents is 1. The highest BCUT2D eigenvalue weighted by molar-refractivity contribution is 7.89. The van der Waals surface area contributed by atoms with Gasteiger partial charge in [0.05, 0.1) is 23.3 Å². The third-order valence-corrected chi connectivity index (χ3v) is 5.04. The second-order valence-corrected chi connectivity index (χ2v) is 6.35. The van der Waals surface area contributed by atoms with Crippen LogP contribution in [0.1, 0.15) is 6.42 Å². The van der Waals surface area contributed by atoms with E-state index in [9.17, 15) is 22.9 Å². The van der Waals surface area contributed by atoms with Crippen LogP contribution in [0.2, 0.25) is 0 Å². The molecule has 0 radical (unpaired) electrons. The average molecular weight is 319 g/mol. The molecule has 0 aliphatic carbocycles. The van der Waals surface area contributed by atoms with E-state index in [4.69, 9.17) is 10.5 Å². The van der Waals surface area contributed by atoms with E-state index >= 15 is 0 Å². The highest BCUT2D eigenvalue weighted by Crippen LogP contribution is 2.30. The summed E-state index contributed by atoms with van der Waals surface area (Å²) in [5, 5.41) is 10.6. The van der Waals surface area contributed by atoms with Crippen LogP contribution < -0.4 is 5.73 Å². The lowest BCUT2D eigenvalue weighted by atomic mass is 10.3. The monoisotopic (exact) mass is 319 g/mol. The number of ether oxygens (including phenoxy) is 1. The Balaban J connectivity index is 2.46. The summed E-state index contributed by atoms with van der Waals surface area (Å²) < 4.78 is 45.1. The molecule has 1 aliphatic heterocycles. The van der Waals surface area contributed by atoms with Crippen LogP contribution in [-0.4, -0.2) is 43.9 Å². The van der Waals surface area contributed by atoms with Crippen LogP contribution in [0.25, 0.3) is 0 Å². The molecule has 21 heavy (non-hydrogen) atoms. The number of sulfonamides is 1. The van der Waals surface area contributed by atoms with Crippen LogP contribution >= 0.6 is 0 Å². The number of nitrogens with two attached hydrogens (primary N) is 1. The van der Waals surface area contributed by atoms with Gasteiger partial charge >= 0.3 is 0 Å². The summed E-state index contributed by atoms with van der Waals surface area (Å²) in [5.74, 6) is -1.23. The maximum atomic E-state index is 14.0. The molecular formula is C11H14FN3O5S. The number of nitrogens with zero attached hydrogens (tertiary/aromatic N) is 2. The highest BCUT2D eigenvalue weighted by atomic mass is 32.2. The van der Waals surface area contributed by atoms with Gasteiger partial charge < -0.3 is 10.5 Å². The van der Waals surface area contributed by atoms with Crippen LogP contribution in [-0.2, 0) is 14.8 Å². The highest BCUT2D eigenvalue weighted by Gasteiger charge is 2.31. The summed E-state index contributed by atoms with van der Waals surface area (Å²) in [6, 6.07) is 1.39. The van der Waals surface area contributed by atoms with E-state index in [1.807, 2.05) is 0 Å². The van der Waals surface area contributed by atoms with E-state index in [0.29, 0.717) is 19.1 Å². The first kappa shape index (κ1) is 15.6. The molecule has 0 saturated carbocycles. The normalized spacial score (nSPS) is 17.4. The van der Waals surface area contributed by atoms with Crippen molar-refractivity contribution in [2.24, 2.45) is 0 Å². The van der Waals surface area contributed by atoms with Gasteiger partial charge in [-0.1, -0.05) is 0 Å². The summed E-state index contributed by atoms with van der Waals surface area (Å²) >= 11 is 0. The van der Waals surface area contributed by atoms with Crippen LogP contribution in [0, 0.1) is 15.9 Å². The zero-order chi connectivity index (χ0) is 15.6. The Morgan fingerprint density at radius 2 is 2.05 bits per heavy atom. The molecule has 1 fully saturated rings. The van der Waals surface area contributed by atoms with Crippen molar-refractivity contribution in [2.75, 3.05) is 32.0 Å². The van der Waals surface area contributed by atoms with E-state index in [-0.39, 0.29) is 19.7 Å². The van der Waals surface area contributed by atoms with Gasteiger partial charge in [-0.05, 0) is 6.42 Å². The Bertz CT molecular complexity index is 633. The second kappa shape index (κ2) is 5.92. The first-order valence-corrected chi connectivity index (χ1v) is 7.59. The molecule has 10 heteroatoms. The van der Waals surface area contributed by atoms with E-state index in [1.54, 1.807) is 0 Å². The maximum Gasteiger partial charge on any atom is 0.274 e. The summed E-state index contributed by atoms with van der Waals surface area (Å²) in [7, 11) is -4.16. The summed E-state index contributed by atoms with van der Waals surface area (Å²) in [6.07, 6.45) is 0.480. The molecule has 1 aliphatic rings. The van der Waals surface area contributed by atoms with Gasteiger partial charge in [0.15, 0.2) is 5.82 Å². The number of nitro groups is 1. The van der Waals surface area contributed by atoms with E-state index in [0.717, 1.165) is 10.4 Å². The molecule has 1 saturated heterocycles. The molecule has 1 heterocycles. The van der Waals surface area contributed by atoms with Crippen molar-refractivity contribution < 1.29 is 22.5 Å². The van der Waals surface area contributed by atoms with E-state index in [1.165, 1.54) is 0 Å². The van der Waals surface area contributed by atoms with Gasteiger partial charge in [-0.3, -0.25) is 10.1 Å². The molecule has 0 spiro atoms. The van der Waals surface area contributed by atoms with Crippen molar-refractivity contribution in [2.45, 2.75) is 11.3 Å². The van der Waals surface area contributed by atoms with Crippen molar-refractivity contribution in [3.8, 4) is 0 Å². The smallest absolute Gasteiger partial charge is 0.274 e. The van der Waals surface area contributed by atoms with Crippen LogP contribution in [0.3, 0.4) is 0 Å². The van der Waals surface area contributed by atoms with Crippen molar-refractivity contribution in [3.05, 3.63) is 28.1 Å². The van der Waals surface area contributed by atoms with Gasteiger partial charge in [-0.2, -0.15) is 4.31 Å². The van der Waals surface area contributed by atoms with Crippen molar-refractivity contribution in [1.82, 2.24) is 4.31 Å². The van der Waals surface area contributed by atoms with Crippen molar-refractivity contribution in [3.63, 3.8) is 0 Å². The zero-order valence-electron chi connectivity index (χ0n) is 11.0. The molecule has 1 aromatic rings. The Labute approximate surface area is 120 Å². The van der Waals surface area contributed by atoms with Crippen LogP contribution in [0.4, 0.5) is 15.8 Å². The Kier molecular flexibility index (Phi) is 4.40. The van der Waals surface area contributed by atoms with Gasteiger partial charge in [0.25, 0.3) is 5.69 Å². The average Bonchev–Trinajstić information content (AvgIpc) is 2.66. The largest absolute Gasteiger partial charge is 0.397 e. The predicted molar refractivity (Wildman–Crippen MR) is 71.7 cm³/mol. The molecule has 1 aromatic carbocycles. The van der Waals surface area contributed by atoms with Gasteiger partial charge in [0, 0.05) is 25.8 Å². The molecule has 116 valence electrons. The lowest BCUT2D eigenvalue weighted by molar-refractivity contribution is -0.385. The third kappa shape index (κ3) is 3.12. The minimum Gasteiger partial charge on any atom is -0.397 e. The summed E-state index contributed by atoms with van der Waals surface area (Å²) in [6.45, 7) is 0.883. The standard InChI is InChI=1S/C11H14FN3O5S/c12-9-6-8(15(16)17)7-10(13)11(9)21(18,19)14-2-1-4-20-5-3-14/h6-7H,1-5,13H2. The molecule has 0 unspecified atom stereocenters. The van der Waals surface area contributed by atoms with Gasteiger partial charge in [0.1, 0.15) is 4.90 Å². The number of anilines is 1. The van der Waals surface area contributed by atoms with Gasteiger partial charge in [-0.15, -0.1) is 0 Å². The third-order valence-electron chi connectivity index (χ3n) is 3.05. The fraction of sp³-hybridized carbons (Fsp3) is 0.455.